The Morgan fingerprint density at radius 3 is 2.71 bits per heavy atom. The normalized spacial score (nSPS) is 12.2. The van der Waals surface area contributed by atoms with Crippen LogP contribution in [-0.2, 0) is 11.2 Å². The topological polar surface area (TPSA) is 26.3 Å². The Balaban J connectivity index is 2.83. The maximum absolute atomic E-state index is 10.5. The molecule has 14 heavy (non-hydrogen) atoms. The molecule has 0 bridgehead atoms. The summed E-state index contributed by atoms with van der Waals surface area (Å²) in [6, 6.07) is 5.95. The highest BCUT2D eigenvalue weighted by Gasteiger charge is 2.05. The van der Waals surface area contributed by atoms with E-state index in [1.54, 1.807) is 7.11 Å². The molecule has 0 aliphatic carbocycles. The van der Waals surface area contributed by atoms with Gasteiger partial charge < -0.3 is 9.53 Å². The van der Waals surface area contributed by atoms with Crippen molar-refractivity contribution in [3.05, 3.63) is 29.3 Å². The highest BCUT2D eigenvalue weighted by Crippen LogP contribution is 2.18. The Labute approximate surface area is 84.9 Å². The Morgan fingerprint density at radius 1 is 1.50 bits per heavy atom. The van der Waals surface area contributed by atoms with Gasteiger partial charge in [-0.15, -0.1) is 0 Å². The molecule has 0 amide bonds. The monoisotopic (exact) mass is 192 g/mol. The summed E-state index contributed by atoms with van der Waals surface area (Å²) in [7, 11) is 1.66. The fourth-order valence-corrected chi connectivity index (χ4v) is 1.42. The number of hydrogen-bond donors (Lipinski definition) is 0. The summed E-state index contributed by atoms with van der Waals surface area (Å²) >= 11 is 0. The first-order valence-electron chi connectivity index (χ1n) is 4.76. The van der Waals surface area contributed by atoms with Crippen LogP contribution >= 0.6 is 0 Å². The fourth-order valence-electron chi connectivity index (χ4n) is 1.42. The second-order valence-corrected chi connectivity index (χ2v) is 3.61. The number of ether oxygens (including phenoxy) is 1. The van der Waals surface area contributed by atoms with E-state index in [0.29, 0.717) is 0 Å². The van der Waals surface area contributed by atoms with Crippen molar-refractivity contribution in [3.8, 4) is 5.75 Å². The number of benzene rings is 1. The molecule has 0 heterocycles. The van der Waals surface area contributed by atoms with Gasteiger partial charge in [-0.25, -0.2) is 0 Å². The molecule has 76 valence electrons. The third kappa shape index (κ3) is 2.59. The van der Waals surface area contributed by atoms with Crippen LogP contribution in [0.25, 0.3) is 0 Å². The molecule has 0 aliphatic heterocycles. The van der Waals surface area contributed by atoms with E-state index in [1.165, 1.54) is 11.1 Å². The number of carbonyl (C=O) groups excluding carboxylic acids is 1. The predicted molar refractivity (Wildman–Crippen MR) is 56.7 cm³/mol. The molecule has 0 aromatic heterocycles. The summed E-state index contributed by atoms with van der Waals surface area (Å²) in [4.78, 5) is 10.5. The standard InChI is InChI=1S/C12H16O2/c1-9(8-13)6-11-4-5-12(14-3)7-10(11)2/h4-5,7-9H,6H2,1-3H3. The number of aldehydes is 1. The van der Waals surface area contributed by atoms with E-state index < -0.39 is 0 Å². The van der Waals surface area contributed by atoms with Gasteiger partial charge in [-0.3, -0.25) is 0 Å². The molecular formula is C12H16O2. The molecule has 2 heteroatoms. The van der Waals surface area contributed by atoms with Crippen molar-refractivity contribution in [2.24, 2.45) is 5.92 Å². The average Bonchev–Trinajstić information content (AvgIpc) is 2.20. The number of rotatable bonds is 4. The molecule has 1 aromatic carbocycles. The maximum atomic E-state index is 10.5. The van der Waals surface area contributed by atoms with Crippen LogP contribution in [0.1, 0.15) is 18.1 Å². The van der Waals surface area contributed by atoms with E-state index in [9.17, 15) is 4.79 Å². The molecule has 1 atom stereocenters. The molecule has 0 spiro atoms. The summed E-state index contributed by atoms with van der Waals surface area (Å²) in [6.07, 6.45) is 1.79. The van der Waals surface area contributed by atoms with Crippen molar-refractivity contribution >= 4 is 6.29 Å². The third-order valence-corrected chi connectivity index (χ3v) is 2.32. The molecule has 0 aliphatic rings. The lowest BCUT2D eigenvalue weighted by molar-refractivity contribution is -0.110. The predicted octanol–water partition coefficient (Wildman–Crippen LogP) is 2.38. The third-order valence-electron chi connectivity index (χ3n) is 2.32. The van der Waals surface area contributed by atoms with E-state index in [0.717, 1.165) is 18.5 Å². The summed E-state index contributed by atoms with van der Waals surface area (Å²) in [5.41, 5.74) is 2.39. The van der Waals surface area contributed by atoms with E-state index in [1.807, 2.05) is 32.0 Å². The van der Waals surface area contributed by atoms with Gasteiger partial charge in [-0.1, -0.05) is 13.0 Å². The molecule has 2 nitrogen and oxygen atoms in total. The smallest absolute Gasteiger partial charge is 0.123 e. The van der Waals surface area contributed by atoms with Crippen molar-refractivity contribution in [1.82, 2.24) is 0 Å². The number of methoxy groups -OCH3 is 1. The second-order valence-electron chi connectivity index (χ2n) is 3.61. The first-order valence-corrected chi connectivity index (χ1v) is 4.76. The molecule has 1 aromatic rings. The minimum absolute atomic E-state index is 0.0853. The fraction of sp³-hybridized carbons (Fsp3) is 0.417. The van der Waals surface area contributed by atoms with E-state index in [-0.39, 0.29) is 5.92 Å². The summed E-state index contributed by atoms with van der Waals surface area (Å²) in [5, 5.41) is 0. The van der Waals surface area contributed by atoms with E-state index in [2.05, 4.69) is 0 Å². The van der Waals surface area contributed by atoms with Gasteiger partial charge in [0.25, 0.3) is 0 Å². The quantitative estimate of drug-likeness (QED) is 0.685. The van der Waals surface area contributed by atoms with Crippen molar-refractivity contribution in [2.45, 2.75) is 20.3 Å². The van der Waals surface area contributed by atoms with Crippen LogP contribution in [-0.4, -0.2) is 13.4 Å². The summed E-state index contributed by atoms with van der Waals surface area (Å²) in [6.45, 7) is 3.96. The minimum atomic E-state index is 0.0853. The van der Waals surface area contributed by atoms with E-state index in [4.69, 9.17) is 4.74 Å². The zero-order valence-corrected chi connectivity index (χ0v) is 8.91. The van der Waals surface area contributed by atoms with Gasteiger partial charge in [0.15, 0.2) is 0 Å². The Kier molecular flexibility index (Phi) is 3.69. The number of hydrogen-bond acceptors (Lipinski definition) is 2. The van der Waals surface area contributed by atoms with Gasteiger partial charge in [0.05, 0.1) is 7.11 Å². The van der Waals surface area contributed by atoms with Crippen molar-refractivity contribution in [3.63, 3.8) is 0 Å². The van der Waals surface area contributed by atoms with Gasteiger partial charge >= 0.3 is 0 Å². The van der Waals surface area contributed by atoms with Crippen molar-refractivity contribution < 1.29 is 9.53 Å². The van der Waals surface area contributed by atoms with Crippen molar-refractivity contribution in [2.75, 3.05) is 7.11 Å². The minimum Gasteiger partial charge on any atom is -0.497 e. The van der Waals surface area contributed by atoms with Gasteiger partial charge in [0.2, 0.25) is 0 Å². The lowest BCUT2D eigenvalue weighted by atomic mass is 9.98. The lowest BCUT2D eigenvalue weighted by Gasteiger charge is -2.09. The largest absolute Gasteiger partial charge is 0.497 e. The molecule has 0 saturated carbocycles. The lowest BCUT2D eigenvalue weighted by Crippen LogP contribution is -2.02. The van der Waals surface area contributed by atoms with Crippen LogP contribution in [0.2, 0.25) is 0 Å². The molecule has 0 N–H and O–H groups in total. The van der Waals surface area contributed by atoms with Crippen LogP contribution < -0.4 is 4.74 Å². The molecule has 0 radical (unpaired) electrons. The second kappa shape index (κ2) is 4.80. The first-order chi connectivity index (χ1) is 6.67. The van der Waals surface area contributed by atoms with E-state index >= 15 is 0 Å². The summed E-state index contributed by atoms with van der Waals surface area (Å²) < 4.78 is 5.11. The zero-order chi connectivity index (χ0) is 10.6. The Bertz CT molecular complexity index is 318. The molecule has 0 saturated heterocycles. The Morgan fingerprint density at radius 2 is 2.21 bits per heavy atom. The Hall–Kier alpha value is -1.31. The average molecular weight is 192 g/mol. The maximum Gasteiger partial charge on any atom is 0.123 e. The highest BCUT2D eigenvalue weighted by molar-refractivity contribution is 5.54. The highest BCUT2D eigenvalue weighted by atomic mass is 16.5. The van der Waals surface area contributed by atoms with Crippen molar-refractivity contribution in [1.29, 1.82) is 0 Å². The van der Waals surface area contributed by atoms with Crippen LogP contribution in [0.15, 0.2) is 18.2 Å². The molecular weight excluding hydrogens is 176 g/mol. The van der Waals surface area contributed by atoms with Crippen LogP contribution in [0, 0.1) is 12.8 Å². The number of aryl methyl sites for hydroxylation is 1. The van der Waals surface area contributed by atoms with Gasteiger partial charge in [0, 0.05) is 5.92 Å². The molecule has 0 fully saturated rings. The van der Waals surface area contributed by atoms with Gasteiger partial charge in [-0.2, -0.15) is 0 Å². The van der Waals surface area contributed by atoms with Crippen LogP contribution in [0.3, 0.4) is 0 Å². The molecule has 1 unspecified atom stereocenters. The first kappa shape index (κ1) is 10.8. The summed E-state index contributed by atoms with van der Waals surface area (Å²) in [5.74, 6) is 0.951. The van der Waals surface area contributed by atoms with Gasteiger partial charge in [0.1, 0.15) is 12.0 Å². The molecule has 1 rings (SSSR count). The van der Waals surface area contributed by atoms with Crippen LogP contribution in [0.5, 0.6) is 5.75 Å². The number of carbonyl (C=O) groups is 1. The van der Waals surface area contributed by atoms with Gasteiger partial charge in [-0.05, 0) is 36.6 Å². The SMILES string of the molecule is COc1ccc(CC(C)C=O)c(C)c1. The van der Waals surface area contributed by atoms with Crippen LogP contribution in [0.4, 0.5) is 0 Å². The zero-order valence-electron chi connectivity index (χ0n) is 8.91.